The van der Waals surface area contributed by atoms with E-state index in [0.717, 1.165) is 21.9 Å². The van der Waals surface area contributed by atoms with Crippen molar-refractivity contribution in [2.75, 3.05) is 0 Å². The summed E-state index contributed by atoms with van der Waals surface area (Å²) in [5.74, 6) is -0.326. The SMILES string of the molecule is O=C(OC(c1ccccc1)c1ccccc1)c1ccc2ccccc2c1. The minimum absolute atomic E-state index is 0.326. The third-order valence-electron chi connectivity index (χ3n) is 4.41. The van der Waals surface area contributed by atoms with Crippen LogP contribution in [0.4, 0.5) is 0 Å². The molecule has 0 saturated heterocycles. The number of rotatable bonds is 4. The zero-order valence-electron chi connectivity index (χ0n) is 14.2. The van der Waals surface area contributed by atoms with E-state index in [-0.39, 0.29) is 5.97 Å². The van der Waals surface area contributed by atoms with Gasteiger partial charge in [0.25, 0.3) is 0 Å². The summed E-state index contributed by atoms with van der Waals surface area (Å²) in [6.07, 6.45) is -0.434. The molecule has 0 fully saturated rings. The first-order valence-electron chi connectivity index (χ1n) is 8.61. The van der Waals surface area contributed by atoms with Crippen molar-refractivity contribution in [3.05, 3.63) is 120 Å². The molecule has 0 aliphatic heterocycles. The van der Waals surface area contributed by atoms with Crippen LogP contribution in [0.1, 0.15) is 27.6 Å². The van der Waals surface area contributed by atoms with Crippen molar-refractivity contribution in [1.82, 2.24) is 0 Å². The highest BCUT2D eigenvalue weighted by atomic mass is 16.5. The van der Waals surface area contributed by atoms with Crippen molar-refractivity contribution in [3.63, 3.8) is 0 Å². The quantitative estimate of drug-likeness (QED) is 0.440. The highest BCUT2D eigenvalue weighted by Crippen LogP contribution is 2.27. The van der Waals surface area contributed by atoms with E-state index < -0.39 is 6.10 Å². The number of ether oxygens (including phenoxy) is 1. The molecule has 26 heavy (non-hydrogen) atoms. The summed E-state index contributed by atoms with van der Waals surface area (Å²) in [5.41, 5.74) is 2.46. The zero-order chi connectivity index (χ0) is 17.8. The molecule has 4 aromatic rings. The summed E-state index contributed by atoms with van der Waals surface area (Å²) in [6.45, 7) is 0. The fourth-order valence-electron chi connectivity index (χ4n) is 3.08. The van der Waals surface area contributed by atoms with Crippen LogP contribution in [0.5, 0.6) is 0 Å². The van der Waals surface area contributed by atoms with E-state index in [1.54, 1.807) is 0 Å². The standard InChI is InChI=1S/C24H18O2/c25-24(22-16-15-18-9-7-8-14-21(18)17-22)26-23(19-10-3-1-4-11-19)20-12-5-2-6-13-20/h1-17,23H. The monoisotopic (exact) mass is 338 g/mol. The number of carbonyl (C=O) groups is 1. The van der Waals surface area contributed by atoms with Crippen LogP contribution in [0.15, 0.2) is 103 Å². The van der Waals surface area contributed by atoms with Crippen molar-refractivity contribution in [3.8, 4) is 0 Å². The van der Waals surface area contributed by atoms with Crippen LogP contribution in [0.25, 0.3) is 10.8 Å². The van der Waals surface area contributed by atoms with Crippen molar-refractivity contribution in [2.24, 2.45) is 0 Å². The number of hydrogen-bond donors (Lipinski definition) is 0. The molecule has 0 unspecified atom stereocenters. The molecule has 0 bridgehead atoms. The highest BCUT2D eigenvalue weighted by molar-refractivity contribution is 5.95. The summed E-state index contributed by atoms with van der Waals surface area (Å²) in [5, 5.41) is 2.13. The third-order valence-corrected chi connectivity index (χ3v) is 4.41. The van der Waals surface area contributed by atoms with E-state index in [2.05, 4.69) is 0 Å². The molecule has 2 heteroatoms. The van der Waals surface area contributed by atoms with Crippen LogP contribution in [0.3, 0.4) is 0 Å². The Morgan fingerprint density at radius 2 is 1.15 bits per heavy atom. The van der Waals surface area contributed by atoms with Crippen LogP contribution in [0, 0.1) is 0 Å². The second kappa shape index (κ2) is 7.24. The Balaban J connectivity index is 1.67. The molecular formula is C24H18O2. The minimum atomic E-state index is -0.434. The summed E-state index contributed by atoms with van der Waals surface area (Å²) >= 11 is 0. The van der Waals surface area contributed by atoms with E-state index in [9.17, 15) is 4.79 Å². The summed E-state index contributed by atoms with van der Waals surface area (Å²) in [6, 6.07) is 33.3. The van der Waals surface area contributed by atoms with Crippen molar-refractivity contribution in [2.45, 2.75) is 6.10 Å². The van der Waals surface area contributed by atoms with Gasteiger partial charge in [-0.05, 0) is 34.0 Å². The number of hydrogen-bond acceptors (Lipinski definition) is 2. The summed E-state index contributed by atoms with van der Waals surface area (Å²) < 4.78 is 5.92. The van der Waals surface area contributed by atoms with Gasteiger partial charge < -0.3 is 4.74 Å². The molecule has 0 heterocycles. The Morgan fingerprint density at radius 1 is 0.615 bits per heavy atom. The lowest BCUT2D eigenvalue weighted by Gasteiger charge is -2.19. The maximum absolute atomic E-state index is 12.8. The summed E-state index contributed by atoms with van der Waals surface area (Å²) in [7, 11) is 0. The van der Waals surface area contributed by atoms with Gasteiger partial charge in [0.05, 0.1) is 5.56 Å². The van der Waals surface area contributed by atoms with Crippen molar-refractivity contribution >= 4 is 16.7 Å². The average Bonchev–Trinajstić information content (AvgIpc) is 2.72. The van der Waals surface area contributed by atoms with Crippen LogP contribution < -0.4 is 0 Å². The Bertz CT molecular complexity index is 984. The number of carbonyl (C=O) groups excluding carboxylic acids is 1. The van der Waals surface area contributed by atoms with Gasteiger partial charge in [-0.15, -0.1) is 0 Å². The second-order valence-electron chi connectivity index (χ2n) is 6.17. The average molecular weight is 338 g/mol. The van der Waals surface area contributed by atoms with Gasteiger partial charge in [0.2, 0.25) is 0 Å². The van der Waals surface area contributed by atoms with Crippen LogP contribution in [-0.2, 0) is 4.74 Å². The number of benzene rings is 4. The first-order valence-corrected chi connectivity index (χ1v) is 8.61. The van der Waals surface area contributed by atoms with Gasteiger partial charge in [-0.1, -0.05) is 91.0 Å². The topological polar surface area (TPSA) is 26.3 Å². The van der Waals surface area contributed by atoms with Gasteiger partial charge in [-0.2, -0.15) is 0 Å². The molecule has 0 aromatic heterocycles. The Hall–Kier alpha value is -3.39. The second-order valence-corrected chi connectivity index (χ2v) is 6.17. The molecular weight excluding hydrogens is 320 g/mol. The van der Waals surface area contributed by atoms with E-state index in [0.29, 0.717) is 5.56 Å². The lowest BCUT2D eigenvalue weighted by atomic mass is 10.0. The van der Waals surface area contributed by atoms with E-state index >= 15 is 0 Å². The molecule has 2 nitrogen and oxygen atoms in total. The molecule has 0 spiro atoms. The smallest absolute Gasteiger partial charge is 0.339 e. The maximum atomic E-state index is 12.8. The van der Waals surface area contributed by atoms with Crippen LogP contribution in [0.2, 0.25) is 0 Å². The molecule has 4 aromatic carbocycles. The molecule has 126 valence electrons. The molecule has 0 aliphatic carbocycles. The van der Waals surface area contributed by atoms with Gasteiger partial charge in [-0.3, -0.25) is 0 Å². The van der Waals surface area contributed by atoms with Crippen LogP contribution in [-0.4, -0.2) is 5.97 Å². The number of esters is 1. The highest BCUT2D eigenvalue weighted by Gasteiger charge is 2.20. The molecule has 0 radical (unpaired) electrons. The lowest BCUT2D eigenvalue weighted by Crippen LogP contribution is -2.13. The largest absolute Gasteiger partial charge is 0.449 e. The first kappa shape index (κ1) is 16.1. The normalized spacial score (nSPS) is 10.8. The first-order chi connectivity index (χ1) is 12.8. The van der Waals surface area contributed by atoms with Crippen molar-refractivity contribution in [1.29, 1.82) is 0 Å². The predicted molar refractivity (Wildman–Crippen MR) is 104 cm³/mol. The van der Waals surface area contributed by atoms with E-state index in [1.807, 2.05) is 103 Å². The minimum Gasteiger partial charge on any atom is -0.449 e. The lowest BCUT2D eigenvalue weighted by molar-refractivity contribution is 0.0378. The number of fused-ring (bicyclic) bond motifs is 1. The van der Waals surface area contributed by atoms with E-state index in [4.69, 9.17) is 4.74 Å². The maximum Gasteiger partial charge on any atom is 0.339 e. The Labute approximate surface area is 152 Å². The van der Waals surface area contributed by atoms with Crippen molar-refractivity contribution < 1.29 is 9.53 Å². The summed E-state index contributed by atoms with van der Waals surface area (Å²) in [4.78, 5) is 12.8. The third kappa shape index (κ3) is 3.35. The van der Waals surface area contributed by atoms with Gasteiger partial charge in [0.1, 0.15) is 0 Å². The molecule has 4 rings (SSSR count). The molecule has 0 N–H and O–H groups in total. The molecule has 0 saturated carbocycles. The molecule has 0 amide bonds. The van der Waals surface area contributed by atoms with Gasteiger partial charge >= 0.3 is 5.97 Å². The zero-order valence-corrected chi connectivity index (χ0v) is 14.2. The predicted octanol–water partition coefficient (Wildman–Crippen LogP) is 5.79. The molecule has 0 atom stereocenters. The van der Waals surface area contributed by atoms with Gasteiger partial charge in [0, 0.05) is 0 Å². The molecule has 0 aliphatic rings. The Morgan fingerprint density at radius 3 is 1.77 bits per heavy atom. The Kier molecular flexibility index (Phi) is 4.48. The fraction of sp³-hybridized carbons (Fsp3) is 0.0417. The van der Waals surface area contributed by atoms with Gasteiger partial charge in [-0.25, -0.2) is 4.79 Å². The van der Waals surface area contributed by atoms with Crippen LogP contribution >= 0.6 is 0 Å². The van der Waals surface area contributed by atoms with Gasteiger partial charge in [0.15, 0.2) is 6.10 Å². The fourth-order valence-corrected chi connectivity index (χ4v) is 3.08. The van der Waals surface area contributed by atoms with E-state index in [1.165, 1.54) is 0 Å².